The highest BCUT2D eigenvalue weighted by Gasteiger charge is 2.18. The number of fused-ring (bicyclic) bond motifs is 1. The first-order valence-electron chi connectivity index (χ1n) is 6.00. The lowest BCUT2D eigenvalue weighted by molar-refractivity contribution is 0.630. The van der Waals surface area contributed by atoms with Gasteiger partial charge in [0.05, 0.1) is 23.6 Å². The van der Waals surface area contributed by atoms with E-state index in [4.69, 9.17) is 11.6 Å². The van der Waals surface area contributed by atoms with Crippen molar-refractivity contribution in [3.8, 4) is 0 Å². The van der Waals surface area contributed by atoms with E-state index >= 15 is 0 Å². The van der Waals surface area contributed by atoms with Crippen LogP contribution >= 0.6 is 22.9 Å². The Morgan fingerprint density at radius 1 is 1.42 bits per heavy atom. The summed E-state index contributed by atoms with van der Waals surface area (Å²) in [5.74, 6) is 1.23. The lowest BCUT2D eigenvalue weighted by atomic mass is 10.3. The van der Waals surface area contributed by atoms with Crippen LogP contribution in [0.1, 0.15) is 28.7 Å². The number of alkyl halides is 1. The van der Waals surface area contributed by atoms with E-state index in [1.165, 1.54) is 4.88 Å². The highest BCUT2D eigenvalue weighted by Crippen LogP contribution is 2.28. The Balaban J connectivity index is 2.17. The van der Waals surface area contributed by atoms with Gasteiger partial charge in [-0.05, 0) is 19.9 Å². The standard InChI is InChI=1S/C13H13ClN4S/c1-8-6-16-13(19-8)9(2)18-11-3-4-15-7-10(11)17-12(18)5-14/h3-4,6-7,9H,5H2,1-2H3. The molecule has 1 atom stereocenters. The van der Waals surface area contributed by atoms with E-state index in [1.54, 1.807) is 23.7 Å². The second-order valence-electron chi connectivity index (χ2n) is 4.38. The van der Waals surface area contributed by atoms with Crippen molar-refractivity contribution in [2.45, 2.75) is 25.8 Å². The summed E-state index contributed by atoms with van der Waals surface area (Å²) in [5, 5.41) is 1.07. The number of aromatic nitrogens is 4. The van der Waals surface area contributed by atoms with E-state index in [9.17, 15) is 0 Å². The van der Waals surface area contributed by atoms with Crippen LogP contribution in [0.2, 0.25) is 0 Å². The third kappa shape index (κ3) is 2.13. The molecule has 19 heavy (non-hydrogen) atoms. The summed E-state index contributed by atoms with van der Waals surface area (Å²) in [6, 6.07) is 2.09. The lowest BCUT2D eigenvalue weighted by Crippen LogP contribution is -2.09. The van der Waals surface area contributed by atoms with Gasteiger partial charge in [-0.25, -0.2) is 9.97 Å². The van der Waals surface area contributed by atoms with Gasteiger partial charge in [-0.1, -0.05) is 0 Å². The molecule has 3 heterocycles. The van der Waals surface area contributed by atoms with Crippen molar-refractivity contribution >= 4 is 34.0 Å². The normalized spacial score (nSPS) is 13.0. The van der Waals surface area contributed by atoms with Crippen LogP contribution in [0.15, 0.2) is 24.7 Å². The smallest absolute Gasteiger partial charge is 0.125 e. The van der Waals surface area contributed by atoms with Gasteiger partial charge in [0, 0.05) is 17.3 Å². The van der Waals surface area contributed by atoms with Gasteiger partial charge in [-0.15, -0.1) is 22.9 Å². The van der Waals surface area contributed by atoms with Crippen LogP contribution in [0, 0.1) is 6.92 Å². The van der Waals surface area contributed by atoms with Crippen molar-refractivity contribution in [3.63, 3.8) is 0 Å². The fraction of sp³-hybridized carbons (Fsp3) is 0.308. The average molecular weight is 293 g/mol. The molecule has 0 aliphatic carbocycles. The van der Waals surface area contributed by atoms with E-state index in [2.05, 4.69) is 33.4 Å². The number of pyridine rings is 1. The summed E-state index contributed by atoms with van der Waals surface area (Å²) in [6.45, 7) is 4.18. The molecule has 6 heteroatoms. The molecule has 0 saturated heterocycles. The zero-order valence-corrected chi connectivity index (χ0v) is 12.2. The maximum absolute atomic E-state index is 6.02. The Labute approximate surface area is 120 Å². The van der Waals surface area contributed by atoms with Crippen molar-refractivity contribution in [3.05, 3.63) is 40.4 Å². The zero-order valence-electron chi connectivity index (χ0n) is 10.7. The summed E-state index contributed by atoms with van der Waals surface area (Å²) in [7, 11) is 0. The molecule has 4 nitrogen and oxygen atoms in total. The predicted molar refractivity (Wildman–Crippen MR) is 77.7 cm³/mol. The first kappa shape index (κ1) is 12.6. The monoisotopic (exact) mass is 292 g/mol. The van der Waals surface area contributed by atoms with Crippen LogP contribution in [0.3, 0.4) is 0 Å². The van der Waals surface area contributed by atoms with Gasteiger partial charge in [-0.3, -0.25) is 4.98 Å². The van der Waals surface area contributed by atoms with E-state index in [0.29, 0.717) is 5.88 Å². The molecule has 0 spiro atoms. The molecular formula is C13H13ClN4S. The van der Waals surface area contributed by atoms with Gasteiger partial charge >= 0.3 is 0 Å². The molecule has 3 aromatic heterocycles. The molecule has 3 rings (SSSR count). The van der Waals surface area contributed by atoms with Gasteiger partial charge in [0.25, 0.3) is 0 Å². The summed E-state index contributed by atoms with van der Waals surface area (Å²) in [5.41, 5.74) is 1.92. The van der Waals surface area contributed by atoms with E-state index in [0.717, 1.165) is 21.9 Å². The Kier molecular flexibility index (Phi) is 3.24. The average Bonchev–Trinajstić information content (AvgIpc) is 3.01. The van der Waals surface area contributed by atoms with E-state index in [-0.39, 0.29) is 6.04 Å². The quantitative estimate of drug-likeness (QED) is 0.694. The third-order valence-electron chi connectivity index (χ3n) is 3.07. The fourth-order valence-corrected chi connectivity index (χ4v) is 3.21. The minimum absolute atomic E-state index is 0.125. The number of hydrogen-bond acceptors (Lipinski definition) is 4. The molecule has 98 valence electrons. The number of rotatable bonds is 3. The van der Waals surface area contributed by atoms with Crippen molar-refractivity contribution in [1.29, 1.82) is 0 Å². The molecule has 0 aliphatic heterocycles. The second kappa shape index (κ2) is 4.90. The third-order valence-corrected chi connectivity index (χ3v) is 4.39. The van der Waals surface area contributed by atoms with Crippen molar-refractivity contribution in [2.75, 3.05) is 0 Å². The molecule has 0 amide bonds. The molecule has 0 radical (unpaired) electrons. The number of nitrogens with zero attached hydrogens (tertiary/aromatic N) is 4. The highest BCUT2D eigenvalue weighted by atomic mass is 35.5. The molecule has 0 aromatic carbocycles. The van der Waals surface area contributed by atoms with Gasteiger partial charge in [-0.2, -0.15) is 0 Å². The lowest BCUT2D eigenvalue weighted by Gasteiger charge is -2.14. The molecule has 0 fully saturated rings. The molecule has 0 bridgehead atoms. The zero-order chi connectivity index (χ0) is 13.4. The minimum Gasteiger partial charge on any atom is -0.317 e. The highest BCUT2D eigenvalue weighted by molar-refractivity contribution is 7.11. The molecule has 0 aliphatic rings. The first-order valence-corrected chi connectivity index (χ1v) is 7.35. The van der Waals surface area contributed by atoms with Crippen LogP contribution in [0.5, 0.6) is 0 Å². The Morgan fingerprint density at radius 3 is 2.95 bits per heavy atom. The Morgan fingerprint density at radius 2 is 2.26 bits per heavy atom. The molecular weight excluding hydrogens is 280 g/mol. The maximum atomic E-state index is 6.02. The summed E-state index contributed by atoms with van der Waals surface area (Å²) >= 11 is 7.72. The van der Waals surface area contributed by atoms with Gasteiger partial charge in [0.1, 0.15) is 16.3 Å². The molecule has 0 N–H and O–H groups in total. The van der Waals surface area contributed by atoms with Crippen molar-refractivity contribution in [1.82, 2.24) is 19.5 Å². The molecule has 1 unspecified atom stereocenters. The van der Waals surface area contributed by atoms with Crippen LogP contribution in [-0.4, -0.2) is 19.5 Å². The van der Waals surface area contributed by atoms with Gasteiger partial charge < -0.3 is 4.57 Å². The number of hydrogen-bond donors (Lipinski definition) is 0. The van der Waals surface area contributed by atoms with Gasteiger partial charge in [0.2, 0.25) is 0 Å². The topological polar surface area (TPSA) is 43.6 Å². The second-order valence-corrected chi connectivity index (χ2v) is 5.91. The van der Waals surface area contributed by atoms with Crippen molar-refractivity contribution < 1.29 is 0 Å². The van der Waals surface area contributed by atoms with E-state index < -0.39 is 0 Å². The SMILES string of the molecule is Cc1cnc(C(C)n2c(CCl)nc3cnccc32)s1. The summed E-state index contributed by atoms with van der Waals surface area (Å²) < 4.78 is 2.14. The molecule has 0 saturated carbocycles. The van der Waals surface area contributed by atoms with Crippen LogP contribution < -0.4 is 0 Å². The molecule has 3 aromatic rings. The summed E-state index contributed by atoms with van der Waals surface area (Å²) in [4.78, 5) is 14.3. The summed E-state index contributed by atoms with van der Waals surface area (Å²) in [6.07, 6.45) is 5.44. The predicted octanol–water partition coefficient (Wildman–Crippen LogP) is 3.54. The fourth-order valence-electron chi connectivity index (χ4n) is 2.20. The van der Waals surface area contributed by atoms with Crippen molar-refractivity contribution in [2.24, 2.45) is 0 Å². The first-order chi connectivity index (χ1) is 9.20. The Bertz CT molecular complexity index is 718. The van der Waals surface area contributed by atoms with E-state index in [1.807, 2.05) is 12.3 Å². The maximum Gasteiger partial charge on any atom is 0.125 e. The largest absolute Gasteiger partial charge is 0.317 e. The number of thiazole rings is 1. The van der Waals surface area contributed by atoms with Gasteiger partial charge in [0.15, 0.2) is 0 Å². The number of imidazole rings is 1. The number of halogens is 1. The Hall–Kier alpha value is -1.46. The van der Waals surface area contributed by atoms with Crippen LogP contribution in [-0.2, 0) is 5.88 Å². The minimum atomic E-state index is 0.125. The van der Waals surface area contributed by atoms with Crippen LogP contribution in [0.4, 0.5) is 0 Å². The number of aryl methyl sites for hydroxylation is 1. The van der Waals surface area contributed by atoms with Crippen LogP contribution in [0.25, 0.3) is 11.0 Å².